The summed E-state index contributed by atoms with van der Waals surface area (Å²) in [6, 6.07) is 37.4. The van der Waals surface area contributed by atoms with Crippen LogP contribution in [0.5, 0.6) is 23.0 Å². The van der Waals surface area contributed by atoms with Gasteiger partial charge in [-0.25, -0.2) is 0 Å². The second-order valence-electron chi connectivity index (χ2n) is 17.7. The lowest BCUT2D eigenvalue weighted by Crippen LogP contribution is -2.42. The third-order valence-corrected chi connectivity index (χ3v) is 12.8. The van der Waals surface area contributed by atoms with Crippen LogP contribution in [0.3, 0.4) is 0 Å². The summed E-state index contributed by atoms with van der Waals surface area (Å²) >= 11 is 0. The van der Waals surface area contributed by atoms with Gasteiger partial charge < -0.3 is 19.7 Å². The largest absolute Gasteiger partial charge is 0.457 e. The van der Waals surface area contributed by atoms with Gasteiger partial charge in [-0.1, -0.05) is 102 Å². The number of benzene rings is 6. The van der Waals surface area contributed by atoms with Crippen molar-refractivity contribution < 1.29 is 9.47 Å². The molecule has 0 aromatic heterocycles. The Morgan fingerprint density at radius 1 is 0.574 bits per heavy atom. The molecule has 0 fully saturated rings. The van der Waals surface area contributed by atoms with Crippen molar-refractivity contribution in [3.63, 3.8) is 0 Å². The summed E-state index contributed by atoms with van der Waals surface area (Å²) in [5.41, 5.74) is 17.9. The first-order valence-electron chi connectivity index (χ1n) is 19.4. The monoisotopic (exact) mass is 705 g/mol. The minimum absolute atomic E-state index is 0.0685. The van der Waals surface area contributed by atoms with E-state index in [1.54, 1.807) is 0 Å². The Morgan fingerprint density at radius 3 is 2.04 bits per heavy atom. The quantitative estimate of drug-likeness (QED) is 0.182. The van der Waals surface area contributed by atoms with Gasteiger partial charge in [-0.05, 0) is 119 Å². The maximum Gasteiger partial charge on any atom is 0.198 e. The third kappa shape index (κ3) is 4.83. The van der Waals surface area contributed by atoms with E-state index in [0.29, 0.717) is 0 Å². The highest BCUT2D eigenvalue weighted by atomic mass is 16.5. The predicted octanol–water partition coefficient (Wildman–Crippen LogP) is 12.0. The molecular weight excluding hydrogens is 659 g/mol. The van der Waals surface area contributed by atoms with Gasteiger partial charge in [0.2, 0.25) is 0 Å². The number of hydrogen-bond donors (Lipinski definition) is 1. The molecule has 4 aliphatic rings. The lowest BCUT2D eigenvalue weighted by molar-refractivity contribution is 0.332. The fraction of sp³-hybridized carbons (Fsp3) is 0.265. The van der Waals surface area contributed by atoms with E-state index in [-0.39, 0.29) is 16.2 Å². The van der Waals surface area contributed by atoms with Crippen molar-refractivity contribution in [2.45, 2.75) is 84.5 Å². The average molecular weight is 706 g/mol. The Balaban J connectivity index is 1.23. The van der Waals surface area contributed by atoms with Gasteiger partial charge in [0.1, 0.15) is 11.5 Å². The molecule has 0 saturated heterocycles. The van der Waals surface area contributed by atoms with Gasteiger partial charge >= 0.3 is 0 Å². The van der Waals surface area contributed by atoms with Crippen LogP contribution in [0.1, 0.15) is 87.8 Å². The van der Waals surface area contributed by atoms with Gasteiger partial charge in [0.15, 0.2) is 18.8 Å². The number of rotatable bonds is 2. The van der Waals surface area contributed by atoms with E-state index in [0.717, 1.165) is 57.4 Å². The van der Waals surface area contributed by atoms with Crippen molar-refractivity contribution in [2.24, 2.45) is 0 Å². The summed E-state index contributed by atoms with van der Waals surface area (Å²) in [6.07, 6.45) is 2.35. The highest BCUT2D eigenvalue weighted by Gasteiger charge is 2.41. The molecule has 5 heteroatoms. The Labute approximate surface area is 320 Å². The zero-order chi connectivity index (χ0) is 37.3. The van der Waals surface area contributed by atoms with Gasteiger partial charge in [-0.15, -0.1) is 0 Å². The summed E-state index contributed by atoms with van der Waals surface area (Å²) in [4.78, 5) is 2.56. The lowest BCUT2D eigenvalue weighted by atomic mass is 9.57. The number of para-hydroxylation sites is 4. The normalized spacial score (nSPS) is 17.4. The fourth-order valence-corrected chi connectivity index (χ4v) is 9.52. The van der Waals surface area contributed by atoms with Crippen LogP contribution in [0.15, 0.2) is 103 Å². The highest BCUT2D eigenvalue weighted by molar-refractivity contribution is 6.73. The number of anilines is 5. The molecule has 54 heavy (non-hydrogen) atoms. The first-order chi connectivity index (χ1) is 25.8. The van der Waals surface area contributed by atoms with Crippen LogP contribution in [-0.2, 0) is 16.2 Å². The first kappa shape index (κ1) is 33.2. The third-order valence-electron chi connectivity index (χ3n) is 12.8. The number of hydrogen-bond acceptors (Lipinski definition) is 4. The van der Waals surface area contributed by atoms with Crippen molar-refractivity contribution in [2.75, 3.05) is 10.2 Å². The van der Waals surface area contributed by atoms with E-state index >= 15 is 0 Å². The average Bonchev–Trinajstić information content (AvgIpc) is 3.14. The second-order valence-corrected chi connectivity index (χ2v) is 17.7. The summed E-state index contributed by atoms with van der Waals surface area (Å²) < 4.78 is 13.2. The summed E-state index contributed by atoms with van der Waals surface area (Å²) in [5, 5.41) is 3.74. The van der Waals surface area contributed by atoms with E-state index < -0.39 is 0 Å². The number of fused-ring (bicyclic) bond motifs is 7. The molecular formula is C49H46BN2O2. The zero-order valence-electron chi connectivity index (χ0n) is 32.6. The minimum atomic E-state index is -0.245. The molecule has 3 heterocycles. The Morgan fingerprint density at radius 2 is 1.24 bits per heavy atom. The van der Waals surface area contributed by atoms with Gasteiger partial charge in [0, 0.05) is 39.2 Å². The SMILES string of the molecule is Cc1cc(-c2cccc3c2Nc2ccccc2O3)c2c(c1)N(c1cc3c(cc1C)C(C)(C)CCC3(C)C)c1cc3c(cc1[B]2)Oc1ccccc1C3(C)C. The standard InChI is InChI=1S/C49H46BN2O2/c1-28-22-31(30-14-13-19-43-46(30)51-37-16-10-12-18-42(37)54-43)45-40(23-28)52(38-25-34-33(24-29(38)2)47(3,4)20-21-48(34,5)6)39-26-35-44(27-36(39)50-45)53-41-17-11-9-15-32(41)49(35,7)8/h9-19,22-27,51H,20-21H2,1-8H3. The van der Waals surface area contributed by atoms with Crippen LogP contribution in [0.25, 0.3) is 11.1 Å². The molecule has 267 valence electrons. The molecule has 3 aliphatic heterocycles. The molecule has 1 radical (unpaired) electrons. The van der Waals surface area contributed by atoms with Crippen LogP contribution in [0.4, 0.5) is 28.4 Å². The van der Waals surface area contributed by atoms with Crippen molar-refractivity contribution in [1.29, 1.82) is 0 Å². The lowest BCUT2D eigenvalue weighted by Gasteiger charge is -2.44. The van der Waals surface area contributed by atoms with Crippen molar-refractivity contribution in [1.82, 2.24) is 0 Å². The van der Waals surface area contributed by atoms with Crippen LogP contribution in [-0.4, -0.2) is 7.28 Å². The van der Waals surface area contributed by atoms with Gasteiger partial charge in [0.25, 0.3) is 0 Å². The predicted molar refractivity (Wildman–Crippen MR) is 225 cm³/mol. The van der Waals surface area contributed by atoms with Gasteiger partial charge in [-0.2, -0.15) is 0 Å². The Hall–Kier alpha value is -5.42. The second kappa shape index (κ2) is 11.3. The van der Waals surface area contributed by atoms with Crippen LogP contribution in [0.2, 0.25) is 0 Å². The summed E-state index contributed by atoms with van der Waals surface area (Å²) in [7, 11) is 2.38. The van der Waals surface area contributed by atoms with E-state index in [1.807, 2.05) is 18.2 Å². The molecule has 0 spiro atoms. The van der Waals surface area contributed by atoms with Gasteiger partial charge in [-0.3, -0.25) is 0 Å². The molecule has 6 aromatic carbocycles. The molecule has 4 nitrogen and oxygen atoms in total. The zero-order valence-corrected chi connectivity index (χ0v) is 32.6. The molecule has 10 rings (SSSR count). The van der Waals surface area contributed by atoms with Crippen molar-refractivity contribution >= 4 is 46.6 Å². The maximum absolute atomic E-state index is 6.73. The minimum Gasteiger partial charge on any atom is -0.457 e. The molecule has 1 aliphatic carbocycles. The van der Waals surface area contributed by atoms with Crippen molar-refractivity contribution in [3.8, 4) is 34.1 Å². The van der Waals surface area contributed by atoms with Gasteiger partial charge in [0.05, 0.1) is 11.4 Å². The number of nitrogens with zero attached hydrogens (tertiary/aromatic N) is 1. The van der Waals surface area contributed by atoms with Crippen molar-refractivity contribution in [3.05, 3.63) is 137 Å². The smallest absolute Gasteiger partial charge is 0.198 e. The molecule has 6 aromatic rings. The molecule has 0 saturated carbocycles. The van der Waals surface area contributed by atoms with E-state index in [1.165, 1.54) is 62.3 Å². The Kier molecular flexibility index (Phi) is 6.94. The maximum atomic E-state index is 6.73. The molecule has 0 unspecified atom stereocenters. The molecule has 0 amide bonds. The van der Waals surface area contributed by atoms with Crippen LogP contribution < -0.4 is 30.6 Å². The highest BCUT2D eigenvalue weighted by Crippen LogP contribution is 2.53. The first-order valence-corrected chi connectivity index (χ1v) is 19.4. The molecule has 1 N–H and O–H groups in total. The number of ether oxygens (including phenoxy) is 2. The van der Waals surface area contributed by atoms with E-state index in [2.05, 4.69) is 158 Å². The molecule has 0 bridgehead atoms. The number of aryl methyl sites for hydroxylation is 2. The topological polar surface area (TPSA) is 33.7 Å². The van der Waals surface area contributed by atoms with E-state index in [9.17, 15) is 0 Å². The number of nitrogens with one attached hydrogen (secondary N) is 1. The van der Waals surface area contributed by atoms with Crippen LogP contribution >= 0.6 is 0 Å². The van der Waals surface area contributed by atoms with E-state index in [4.69, 9.17) is 9.47 Å². The summed E-state index contributed by atoms with van der Waals surface area (Å²) in [5.74, 6) is 3.51. The van der Waals surface area contributed by atoms with Crippen LogP contribution in [0, 0.1) is 13.8 Å². The summed E-state index contributed by atoms with van der Waals surface area (Å²) in [6.45, 7) is 18.9. The Bertz CT molecular complexity index is 2580. The molecule has 0 atom stereocenters. The fourth-order valence-electron chi connectivity index (χ4n) is 9.52.